The molecule has 2 unspecified atom stereocenters. The number of benzene rings is 1. The predicted octanol–water partition coefficient (Wildman–Crippen LogP) is 2.96. The third-order valence-electron chi connectivity index (χ3n) is 5.61. The molecule has 0 saturated heterocycles. The molecule has 0 amide bonds. The van der Waals surface area contributed by atoms with E-state index in [2.05, 4.69) is 0 Å². The van der Waals surface area contributed by atoms with Crippen LogP contribution in [0.5, 0.6) is 0 Å². The lowest BCUT2D eigenvalue weighted by Crippen LogP contribution is -2.30. The zero-order valence-electron chi connectivity index (χ0n) is 16.6. The molecule has 0 aromatic heterocycles. The molecule has 8 nitrogen and oxygen atoms in total. The van der Waals surface area contributed by atoms with Crippen LogP contribution >= 0.6 is 0 Å². The average Bonchev–Trinajstić information content (AvgIpc) is 2.82. The Balaban J connectivity index is 2.29. The van der Waals surface area contributed by atoms with Crippen molar-refractivity contribution in [1.82, 2.24) is 0 Å². The van der Waals surface area contributed by atoms with E-state index in [1.54, 1.807) is 18.2 Å². The Bertz CT molecular complexity index is 940. The van der Waals surface area contributed by atoms with Crippen molar-refractivity contribution in [3.05, 3.63) is 23.8 Å². The molecule has 1 aromatic rings. The minimum Gasteiger partial charge on any atom is -0.481 e. The molecule has 29 heavy (non-hydrogen) atoms. The van der Waals surface area contributed by atoms with Crippen molar-refractivity contribution < 1.29 is 36.2 Å². The van der Waals surface area contributed by atoms with Gasteiger partial charge in [-0.25, -0.2) is 4.21 Å². The van der Waals surface area contributed by atoms with Gasteiger partial charge in [0, 0.05) is 31.4 Å². The third-order valence-corrected chi connectivity index (χ3v) is 7.07. The van der Waals surface area contributed by atoms with E-state index in [4.69, 9.17) is 9.66 Å². The second kappa shape index (κ2) is 9.46. The molecule has 0 bridgehead atoms. The molecule has 10 heteroatoms. The molecule has 1 aliphatic rings. The van der Waals surface area contributed by atoms with E-state index in [0.717, 1.165) is 36.2 Å². The van der Waals surface area contributed by atoms with Crippen LogP contribution < -0.4 is 0 Å². The van der Waals surface area contributed by atoms with E-state index in [1.165, 1.54) is 0 Å². The van der Waals surface area contributed by atoms with Gasteiger partial charge in [0.25, 0.3) is 10.1 Å². The second-order valence-electron chi connectivity index (χ2n) is 7.59. The molecule has 0 saturated carbocycles. The number of carbonyl (C=O) groups is 1. The summed E-state index contributed by atoms with van der Waals surface area (Å²) in [5.41, 5.74) is 2.36. The lowest BCUT2D eigenvalue weighted by atomic mass is 9.76. The van der Waals surface area contributed by atoms with Gasteiger partial charge in [-0.3, -0.25) is 9.35 Å². The zero-order chi connectivity index (χ0) is 21.8. The van der Waals surface area contributed by atoms with Crippen molar-refractivity contribution >= 4 is 38.6 Å². The molecule has 0 aliphatic carbocycles. The first kappa shape index (κ1) is 23.7. The van der Waals surface area contributed by atoms with Crippen LogP contribution in [0.15, 0.2) is 23.1 Å². The van der Waals surface area contributed by atoms with Gasteiger partial charge in [0.15, 0.2) is 16.8 Å². The number of carboxylic acids is 1. The van der Waals surface area contributed by atoms with Gasteiger partial charge in [0.05, 0.1) is 16.1 Å². The summed E-state index contributed by atoms with van der Waals surface area (Å²) in [6, 6.07) is 5.07. The molecular formula is C19H28NO7S2+. The van der Waals surface area contributed by atoms with Crippen LogP contribution in [0.2, 0.25) is 0 Å². The van der Waals surface area contributed by atoms with E-state index in [9.17, 15) is 22.0 Å². The Labute approximate surface area is 173 Å². The summed E-state index contributed by atoms with van der Waals surface area (Å²) in [5, 5.41) is 8.78. The molecule has 0 spiro atoms. The fraction of sp³-hybridized carbons (Fsp3) is 0.579. The average molecular weight is 447 g/mol. The monoisotopic (exact) mass is 446 g/mol. The standard InChI is InChI=1S/C19H27NO7S2/c1-14-19(2,10-5-3-4-7-18(21)22)16-13-15(28(23)24)8-9-17(16)20(14)11-6-12-29(25,26)27/h8-9,13H,3-7,10-12H2,1-2H3,(H2-,21,22,23,24,25,26,27)/p+1. The highest BCUT2D eigenvalue weighted by atomic mass is 32.2. The Hall–Kier alpha value is -1.62. The summed E-state index contributed by atoms with van der Waals surface area (Å²) >= 11 is -2.11. The highest BCUT2D eigenvalue weighted by Gasteiger charge is 2.46. The number of aliphatic carboxylic acids is 1. The predicted molar refractivity (Wildman–Crippen MR) is 110 cm³/mol. The number of carboxylic acid groups (broad SMARTS) is 1. The Kier molecular flexibility index (Phi) is 7.72. The highest BCUT2D eigenvalue weighted by Crippen LogP contribution is 2.44. The number of hydrogen-bond donors (Lipinski definition) is 3. The van der Waals surface area contributed by atoms with E-state index < -0.39 is 32.6 Å². The fourth-order valence-electron chi connectivity index (χ4n) is 3.91. The van der Waals surface area contributed by atoms with E-state index in [-0.39, 0.29) is 18.6 Å². The SMILES string of the molecule is CC1=[N+](CCCS(=O)(=O)O)c2ccc(S(=O)O)cc2C1(C)CCCCCC(=O)O. The maximum atomic E-state index is 11.6. The van der Waals surface area contributed by atoms with Gasteiger partial charge in [-0.1, -0.05) is 12.8 Å². The molecule has 0 fully saturated rings. The Morgan fingerprint density at radius 1 is 1.21 bits per heavy atom. The summed E-state index contributed by atoms with van der Waals surface area (Å²) in [6.45, 7) is 4.40. The summed E-state index contributed by atoms with van der Waals surface area (Å²) in [4.78, 5) is 11.0. The maximum Gasteiger partial charge on any atom is 0.303 e. The highest BCUT2D eigenvalue weighted by molar-refractivity contribution is 7.85. The lowest BCUT2D eigenvalue weighted by molar-refractivity contribution is -0.438. The third kappa shape index (κ3) is 5.94. The van der Waals surface area contributed by atoms with Crippen molar-refractivity contribution in [1.29, 1.82) is 0 Å². The molecule has 1 aromatic carbocycles. The molecule has 1 aliphatic heterocycles. The van der Waals surface area contributed by atoms with E-state index in [1.807, 2.05) is 18.4 Å². The molecule has 3 N–H and O–H groups in total. The van der Waals surface area contributed by atoms with Gasteiger partial charge >= 0.3 is 5.97 Å². The van der Waals surface area contributed by atoms with Crippen molar-refractivity contribution in [3.8, 4) is 0 Å². The minimum absolute atomic E-state index is 0.130. The summed E-state index contributed by atoms with van der Waals surface area (Å²) < 4.78 is 54.2. The first-order chi connectivity index (χ1) is 13.5. The number of rotatable bonds is 11. The van der Waals surface area contributed by atoms with Gasteiger partial charge in [-0.05, 0) is 31.9 Å². The van der Waals surface area contributed by atoms with Crippen LogP contribution in [-0.4, -0.2) is 55.4 Å². The largest absolute Gasteiger partial charge is 0.481 e. The van der Waals surface area contributed by atoms with Crippen LogP contribution in [0.4, 0.5) is 5.69 Å². The lowest BCUT2D eigenvalue weighted by Gasteiger charge is -2.22. The summed E-state index contributed by atoms with van der Waals surface area (Å²) in [7, 11) is -4.04. The molecule has 162 valence electrons. The van der Waals surface area contributed by atoms with Crippen molar-refractivity contribution in [3.63, 3.8) is 0 Å². The van der Waals surface area contributed by atoms with Crippen LogP contribution in [0.25, 0.3) is 0 Å². The number of unbranched alkanes of at least 4 members (excludes halogenated alkanes) is 2. The van der Waals surface area contributed by atoms with Crippen molar-refractivity contribution in [2.45, 2.75) is 62.7 Å². The number of fused-ring (bicyclic) bond motifs is 1. The number of hydrogen-bond acceptors (Lipinski definition) is 4. The minimum atomic E-state index is -4.04. The second-order valence-corrected chi connectivity index (χ2v) is 10.1. The molecule has 0 radical (unpaired) electrons. The molecule has 2 rings (SSSR count). The van der Waals surface area contributed by atoms with Crippen LogP contribution in [0.1, 0.15) is 57.9 Å². The van der Waals surface area contributed by atoms with E-state index in [0.29, 0.717) is 17.9 Å². The van der Waals surface area contributed by atoms with Gasteiger partial charge in [-0.15, -0.1) is 0 Å². The van der Waals surface area contributed by atoms with Gasteiger partial charge in [-0.2, -0.15) is 13.0 Å². The smallest absolute Gasteiger partial charge is 0.303 e. The maximum absolute atomic E-state index is 11.6. The van der Waals surface area contributed by atoms with Gasteiger partial charge in [0.1, 0.15) is 6.54 Å². The van der Waals surface area contributed by atoms with Crippen molar-refractivity contribution in [2.75, 3.05) is 12.3 Å². The summed E-state index contributed by atoms with van der Waals surface area (Å²) in [6.07, 6.45) is 3.27. The van der Waals surface area contributed by atoms with Crippen molar-refractivity contribution in [2.24, 2.45) is 0 Å². The Morgan fingerprint density at radius 2 is 1.90 bits per heavy atom. The quantitative estimate of drug-likeness (QED) is 0.206. The van der Waals surface area contributed by atoms with Crippen LogP contribution in [0.3, 0.4) is 0 Å². The molecule has 2 atom stereocenters. The van der Waals surface area contributed by atoms with Gasteiger partial charge < -0.3 is 9.66 Å². The first-order valence-electron chi connectivity index (χ1n) is 9.49. The first-order valence-corrected chi connectivity index (χ1v) is 12.2. The topological polar surface area (TPSA) is 132 Å². The fourth-order valence-corrected chi connectivity index (χ4v) is 4.81. The summed E-state index contributed by atoms with van der Waals surface area (Å²) in [5.74, 6) is -1.15. The Morgan fingerprint density at radius 3 is 2.48 bits per heavy atom. The van der Waals surface area contributed by atoms with E-state index >= 15 is 0 Å². The molecule has 1 heterocycles. The zero-order valence-corrected chi connectivity index (χ0v) is 18.3. The number of nitrogens with zero attached hydrogens (tertiary/aromatic N) is 1. The van der Waals surface area contributed by atoms with Gasteiger partial charge in [0.2, 0.25) is 5.69 Å². The normalized spacial score (nSPS) is 20.0. The van der Waals surface area contributed by atoms with Crippen LogP contribution in [-0.2, 0) is 31.4 Å². The molecular weight excluding hydrogens is 418 g/mol. The van der Waals surface area contributed by atoms with Crippen LogP contribution in [0, 0.1) is 0 Å².